The smallest absolute Gasteiger partial charge is 0.311 e. The van der Waals surface area contributed by atoms with Crippen LogP contribution < -0.4 is 0 Å². The van der Waals surface area contributed by atoms with E-state index in [0.29, 0.717) is 0 Å². The third-order valence-corrected chi connectivity index (χ3v) is 3.45. The SMILES string of the molecule is CCCCN1C(=O)CC(C(=O)OC)C1(C)C. The van der Waals surface area contributed by atoms with Gasteiger partial charge in [-0.05, 0) is 20.3 Å². The second kappa shape index (κ2) is 4.85. The van der Waals surface area contributed by atoms with Gasteiger partial charge in [0, 0.05) is 13.0 Å². The predicted molar refractivity (Wildman–Crippen MR) is 60.8 cm³/mol. The molecule has 0 aromatic rings. The number of rotatable bonds is 4. The second-order valence-corrected chi connectivity index (χ2v) is 4.83. The van der Waals surface area contributed by atoms with Crippen LogP contribution in [0.4, 0.5) is 0 Å². The first-order chi connectivity index (χ1) is 7.45. The molecule has 1 rings (SSSR count). The molecule has 16 heavy (non-hydrogen) atoms. The average Bonchev–Trinajstić information content (AvgIpc) is 2.46. The van der Waals surface area contributed by atoms with Crippen molar-refractivity contribution >= 4 is 11.9 Å². The fourth-order valence-electron chi connectivity index (χ4n) is 2.29. The minimum atomic E-state index is -0.417. The van der Waals surface area contributed by atoms with Gasteiger partial charge in [-0.2, -0.15) is 0 Å². The summed E-state index contributed by atoms with van der Waals surface area (Å²) in [6.45, 7) is 6.70. The maximum absolute atomic E-state index is 11.8. The van der Waals surface area contributed by atoms with E-state index in [2.05, 4.69) is 6.92 Å². The van der Waals surface area contributed by atoms with Crippen LogP contribution in [0.3, 0.4) is 0 Å². The monoisotopic (exact) mass is 227 g/mol. The fourth-order valence-corrected chi connectivity index (χ4v) is 2.29. The maximum atomic E-state index is 11.8. The number of amides is 1. The second-order valence-electron chi connectivity index (χ2n) is 4.83. The van der Waals surface area contributed by atoms with Gasteiger partial charge in [0.15, 0.2) is 0 Å². The number of ether oxygens (including phenoxy) is 1. The van der Waals surface area contributed by atoms with Gasteiger partial charge in [-0.25, -0.2) is 0 Å². The minimum Gasteiger partial charge on any atom is -0.469 e. The Hall–Kier alpha value is -1.06. The molecule has 1 amide bonds. The minimum absolute atomic E-state index is 0.0638. The van der Waals surface area contributed by atoms with E-state index in [-0.39, 0.29) is 24.2 Å². The quantitative estimate of drug-likeness (QED) is 0.685. The van der Waals surface area contributed by atoms with Crippen LogP contribution in [0.15, 0.2) is 0 Å². The highest BCUT2D eigenvalue weighted by molar-refractivity contribution is 5.88. The van der Waals surface area contributed by atoms with E-state index in [1.807, 2.05) is 18.7 Å². The first-order valence-electron chi connectivity index (χ1n) is 5.83. The maximum Gasteiger partial charge on any atom is 0.311 e. The summed E-state index contributed by atoms with van der Waals surface area (Å²) >= 11 is 0. The molecule has 1 saturated heterocycles. The van der Waals surface area contributed by atoms with Crippen molar-refractivity contribution < 1.29 is 14.3 Å². The summed E-state index contributed by atoms with van der Waals surface area (Å²) in [4.78, 5) is 25.3. The Morgan fingerprint density at radius 3 is 2.69 bits per heavy atom. The Morgan fingerprint density at radius 1 is 1.56 bits per heavy atom. The molecule has 0 aliphatic carbocycles. The summed E-state index contributed by atoms with van der Waals surface area (Å²) in [5.74, 6) is -0.548. The van der Waals surface area contributed by atoms with E-state index in [1.165, 1.54) is 7.11 Å². The molecular weight excluding hydrogens is 206 g/mol. The summed E-state index contributed by atoms with van der Waals surface area (Å²) in [6.07, 6.45) is 2.30. The van der Waals surface area contributed by atoms with Crippen molar-refractivity contribution in [3.8, 4) is 0 Å². The van der Waals surface area contributed by atoms with Crippen molar-refractivity contribution in [2.24, 2.45) is 5.92 Å². The first-order valence-corrected chi connectivity index (χ1v) is 5.83. The van der Waals surface area contributed by atoms with Crippen LogP contribution >= 0.6 is 0 Å². The first kappa shape index (κ1) is 13.0. The molecule has 0 N–H and O–H groups in total. The van der Waals surface area contributed by atoms with Gasteiger partial charge in [0.05, 0.1) is 18.6 Å². The summed E-state index contributed by atoms with van der Waals surface area (Å²) in [5, 5.41) is 0. The van der Waals surface area contributed by atoms with Crippen molar-refractivity contribution in [3.63, 3.8) is 0 Å². The van der Waals surface area contributed by atoms with Crippen LogP contribution in [0, 0.1) is 5.92 Å². The highest BCUT2D eigenvalue weighted by atomic mass is 16.5. The Kier molecular flexibility index (Phi) is 3.94. The molecule has 0 spiro atoms. The van der Waals surface area contributed by atoms with E-state index in [9.17, 15) is 9.59 Å². The van der Waals surface area contributed by atoms with Crippen LogP contribution in [0.5, 0.6) is 0 Å². The van der Waals surface area contributed by atoms with Gasteiger partial charge in [0.25, 0.3) is 0 Å². The lowest BCUT2D eigenvalue weighted by Gasteiger charge is -2.34. The third-order valence-electron chi connectivity index (χ3n) is 3.45. The van der Waals surface area contributed by atoms with Crippen LogP contribution in [0.2, 0.25) is 0 Å². The molecule has 1 atom stereocenters. The number of carbonyl (C=O) groups is 2. The standard InChI is InChI=1S/C12H21NO3/c1-5-6-7-13-10(14)8-9(11(15)16-4)12(13,2)3/h9H,5-8H2,1-4H3. The summed E-state index contributed by atoms with van der Waals surface area (Å²) in [5.41, 5.74) is -0.417. The number of hydrogen-bond acceptors (Lipinski definition) is 3. The molecular formula is C12H21NO3. The molecule has 0 radical (unpaired) electrons. The van der Waals surface area contributed by atoms with Gasteiger partial charge in [-0.15, -0.1) is 0 Å². The number of esters is 1. The van der Waals surface area contributed by atoms with Crippen molar-refractivity contribution in [3.05, 3.63) is 0 Å². The molecule has 4 heteroatoms. The van der Waals surface area contributed by atoms with E-state index in [4.69, 9.17) is 4.74 Å². The third kappa shape index (κ3) is 2.20. The van der Waals surface area contributed by atoms with Gasteiger partial charge in [0.2, 0.25) is 5.91 Å². The molecule has 1 aliphatic rings. The molecule has 92 valence electrons. The molecule has 0 saturated carbocycles. The summed E-state index contributed by atoms with van der Waals surface area (Å²) in [6, 6.07) is 0. The largest absolute Gasteiger partial charge is 0.469 e. The van der Waals surface area contributed by atoms with E-state index in [1.54, 1.807) is 0 Å². The lowest BCUT2D eigenvalue weighted by Crippen LogP contribution is -2.46. The summed E-state index contributed by atoms with van der Waals surface area (Å²) in [7, 11) is 1.37. The topological polar surface area (TPSA) is 46.6 Å². The van der Waals surface area contributed by atoms with Crippen molar-refractivity contribution in [2.75, 3.05) is 13.7 Å². The number of carbonyl (C=O) groups excluding carboxylic acids is 2. The number of likely N-dealkylation sites (tertiary alicyclic amines) is 1. The Bertz CT molecular complexity index is 286. The zero-order chi connectivity index (χ0) is 12.3. The Labute approximate surface area is 96.9 Å². The van der Waals surface area contributed by atoms with Gasteiger partial charge in [-0.1, -0.05) is 13.3 Å². The predicted octanol–water partition coefficient (Wildman–Crippen LogP) is 1.59. The average molecular weight is 227 g/mol. The lowest BCUT2D eigenvalue weighted by atomic mass is 9.88. The van der Waals surface area contributed by atoms with Crippen LogP contribution in [-0.2, 0) is 14.3 Å². The number of methoxy groups -OCH3 is 1. The molecule has 0 bridgehead atoms. The van der Waals surface area contributed by atoms with Crippen LogP contribution in [0.25, 0.3) is 0 Å². The van der Waals surface area contributed by atoms with Crippen molar-refractivity contribution in [2.45, 2.75) is 45.6 Å². The lowest BCUT2D eigenvalue weighted by molar-refractivity contribution is -0.148. The van der Waals surface area contributed by atoms with E-state index < -0.39 is 5.54 Å². The molecule has 0 aromatic heterocycles. The molecule has 1 aliphatic heterocycles. The highest BCUT2D eigenvalue weighted by Gasteiger charge is 2.49. The van der Waals surface area contributed by atoms with E-state index in [0.717, 1.165) is 19.4 Å². The van der Waals surface area contributed by atoms with Crippen molar-refractivity contribution in [1.29, 1.82) is 0 Å². The van der Waals surface area contributed by atoms with Crippen molar-refractivity contribution in [1.82, 2.24) is 4.90 Å². The van der Waals surface area contributed by atoms with E-state index >= 15 is 0 Å². The number of nitrogens with zero attached hydrogens (tertiary/aromatic N) is 1. The normalized spacial score (nSPS) is 23.6. The van der Waals surface area contributed by atoms with Crippen LogP contribution in [-0.4, -0.2) is 36.0 Å². The molecule has 1 fully saturated rings. The van der Waals surface area contributed by atoms with Crippen LogP contribution in [0.1, 0.15) is 40.0 Å². The van der Waals surface area contributed by atoms with Gasteiger partial charge in [-0.3, -0.25) is 9.59 Å². The molecule has 1 unspecified atom stereocenters. The highest BCUT2D eigenvalue weighted by Crippen LogP contribution is 2.36. The fraction of sp³-hybridized carbons (Fsp3) is 0.833. The van der Waals surface area contributed by atoms with Gasteiger partial charge >= 0.3 is 5.97 Å². The number of unbranched alkanes of at least 4 members (excludes halogenated alkanes) is 1. The van der Waals surface area contributed by atoms with Gasteiger partial charge < -0.3 is 9.64 Å². The summed E-state index contributed by atoms with van der Waals surface area (Å²) < 4.78 is 4.75. The molecule has 1 heterocycles. The molecule has 4 nitrogen and oxygen atoms in total. The number of hydrogen-bond donors (Lipinski definition) is 0. The molecule has 0 aromatic carbocycles. The zero-order valence-electron chi connectivity index (χ0n) is 10.6. The Morgan fingerprint density at radius 2 is 2.19 bits per heavy atom. The van der Waals surface area contributed by atoms with Gasteiger partial charge in [0.1, 0.15) is 0 Å². The zero-order valence-corrected chi connectivity index (χ0v) is 10.6. The Balaban J connectivity index is 2.81.